The molecule has 0 bridgehead atoms. The van der Waals surface area contributed by atoms with Gasteiger partial charge >= 0.3 is 6.18 Å². The summed E-state index contributed by atoms with van der Waals surface area (Å²) >= 11 is 1.49. The third-order valence-corrected chi connectivity index (χ3v) is 5.27. The summed E-state index contributed by atoms with van der Waals surface area (Å²) in [6.45, 7) is 3.13. The number of hydrogen-bond acceptors (Lipinski definition) is 3. The molecule has 1 N–H and O–H groups in total. The van der Waals surface area contributed by atoms with E-state index in [2.05, 4.69) is 17.2 Å². The van der Waals surface area contributed by atoms with Crippen LogP contribution in [0.3, 0.4) is 0 Å². The molecular weight excluding hydrogens is 297 g/mol. The maximum absolute atomic E-state index is 12.7. The zero-order valence-electron chi connectivity index (χ0n) is 11.7. The molecule has 6 heteroatoms. The molecule has 0 saturated carbocycles. The number of benzene rings is 1. The Morgan fingerprint density at radius 1 is 1.38 bits per heavy atom. The zero-order chi connectivity index (χ0) is 15.0. The first-order valence-corrected chi connectivity index (χ1v) is 8.00. The summed E-state index contributed by atoms with van der Waals surface area (Å²) in [5.74, 6) is 0.675. The summed E-state index contributed by atoms with van der Waals surface area (Å²) in [6.07, 6.45) is -0.992. The fourth-order valence-electron chi connectivity index (χ4n) is 2.83. The number of nitrogens with one attached hydrogen (secondary N) is 1. The lowest BCUT2D eigenvalue weighted by Gasteiger charge is -2.28. The van der Waals surface area contributed by atoms with Crippen LogP contribution in [-0.4, -0.2) is 11.5 Å². The zero-order valence-corrected chi connectivity index (χ0v) is 12.5. The van der Waals surface area contributed by atoms with E-state index in [-0.39, 0.29) is 6.04 Å². The Bertz CT molecular complexity index is 635. The van der Waals surface area contributed by atoms with Gasteiger partial charge in [0.15, 0.2) is 0 Å². The fourth-order valence-corrected chi connectivity index (χ4v) is 3.86. The second-order valence-corrected chi connectivity index (χ2v) is 6.60. The maximum Gasteiger partial charge on any atom is 0.416 e. The van der Waals surface area contributed by atoms with Gasteiger partial charge in [0.1, 0.15) is 5.01 Å². The van der Waals surface area contributed by atoms with Gasteiger partial charge in [-0.15, -0.1) is 11.3 Å². The Balaban J connectivity index is 1.90. The molecule has 2 atom stereocenters. The van der Waals surface area contributed by atoms with E-state index in [0.29, 0.717) is 11.4 Å². The fraction of sp³-hybridized carbons (Fsp3) is 0.533. The molecule has 0 spiro atoms. The average molecular weight is 314 g/mol. The number of piperidine rings is 1. The molecule has 114 valence electrons. The van der Waals surface area contributed by atoms with E-state index < -0.39 is 11.7 Å². The topological polar surface area (TPSA) is 24.9 Å². The predicted octanol–water partition coefficient (Wildman–Crippen LogP) is 4.77. The van der Waals surface area contributed by atoms with Crippen molar-refractivity contribution in [1.29, 1.82) is 0 Å². The van der Waals surface area contributed by atoms with Crippen LogP contribution in [0.4, 0.5) is 13.2 Å². The van der Waals surface area contributed by atoms with Gasteiger partial charge in [-0.3, -0.25) is 0 Å². The van der Waals surface area contributed by atoms with E-state index in [9.17, 15) is 13.2 Å². The number of fused-ring (bicyclic) bond motifs is 1. The van der Waals surface area contributed by atoms with Gasteiger partial charge in [0.2, 0.25) is 0 Å². The number of thiazole rings is 1. The Labute approximate surface area is 125 Å². The van der Waals surface area contributed by atoms with Crippen LogP contribution >= 0.6 is 11.3 Å². The van der Waals surface area contributed by atoms with E-state index in [1.165, 1.54) is 17.4 Å². The molecule has 2 nitrogen and oxygen atoms in total. The van der Waals surface area contributed by atoms with Crippen molar-refractivity contribution in [1.82, 2.24) is 10.3 Å². The number of alkyl halides is 3. The van der Waals surface area contributed by atoms with E-state index in [1.54, 1.807) is 0 Å². The van der Waals surface area contributed by atoms with Crippen LogP contribution in [0.15, 0.2) is 18.2 Å². The number of hydrogen-bond donors (Lipinski definition) is 1. The first kappa shape index (κ1) is 14.8. The summed E-state index contributed by atoms with van der Waals surface area (Å²) in [6, 6.07) is 3.98. The Kier molecular flexibility index (Phi) is 3.92. The minimum absolute atomic E-state index is 0.176. The largest absolute Gasteiger partial charge is 0.416 e. The Morgan fingerprint density at radius 2 is 2.19 bits per heavy atom. The molecule has 0 radical (unpaired) electrons. The summed E-state index contributed by atoms with van der Waals surface area (Å²) in [7, 11) is 0. The van der Waals surface area contributed by atoms with E-state index in [0.717, 1.165) is 47.6 Å². The smallest absolute Gasteiger partial charge is 0.308 e. The van der Waals surface area contributed by atoms with Gasteiger partial charge in [-0.25, -0.2) is 4.98 Å². The summed E-state index contributed by atoms with van der Waals surface area (Å²) < 4.78 is 39.0. The van der Waals surface area contributed by atoms with Crippen molar-refractivity contribution in [3.63, 3.8) is 0 Å². The highest BCUT2D eigenvalue weighted by Crippen LogP contribution is 2.36. The van der Waals surface area contributed by atoms with Crippen LogP contribution < -0.4 is 5.32 Å². The van der Waals surface area contributed by atoms with E-state index >= 15 is 0 Å². The van der Waals surface area contributed by atoms with Gasteiger partial charge in [0.05, 0.1) is 21.8 Å². The van der Waals surface area contributed by atoms with Crippen molar-refractivity contribution < 1.29 is 13.2 Å². The first-order valence-electron chi connectivity index (χ1n) is 7.18. The highest BCUT2D eigenvalue weighted by Gasteiger charge is 2.31. The number of nitrogens with zero attached hydrogens (tertiary/aromatic N) is 1. The third-order valence-electron chi connectivity index (χ3n) is 4.12. The molecule has 2 aromatic rings. The minimum atomic E-state index is -4.31. The van der Waals surface area contributed by atoms with Crippen LogP contribution in [0.25, 0.3) is 10.2 Å². The molecule has 1 aliphatic rings. The van der Waals surface area contributed by atoms with Crippen LogP contribution in [0.2, 0.25) is 0 Å². The monoisotopic (exact) mass is 314 g/mol. The third kappa shape index (κ3) is 3.06. The van der Waals surface area contributed by atoms with Crippen molar-refractivity contribution in [2.24, 2.45) is 5.92 Å². The Morgan fingerprint density at radius 3 is 2.90 bits per heavy atom. The van der Waals surface area contributed by atoms with E-state index in [1.807, 2.05) is 0 Å². The maximum atomic E-state index is 12.7. The summed E-state index contributed by atoms with van der Waals surface area (Å²) in [4.78, 5) is 4.44. The molecule has 2 unspecified atom stereocenters. The summed E-state index contributed by atoms with van der Waals surface area (Å²) in [5.41, 5.74) is -0.180. The lowest BCUT2D eigenvalue weighted by atomic mass is 9.91. The molecular formula is C15H17F3N2S. The second kappa shape index (κ2) is 5.57. The van der Waals surface area contributed by atoms with E-state index in [4.69, 9.17) is 0 Å². The number of halogens is 3. The summed E-state index contributed by atoms with van der Waals surface area (Å²) in [5, 5.41) is 4.34. The predicted molar refractivity (Wildman–Crippen MR) is 78.4 cm³/mol. The van der Waals surface area contributed by atoms with Gasteiger partial charge in [-0.1, -0.05) is 13.3 Å². The molecule has 1 aromatic carbocycles. The first-order chi connectivity index (χ1) is 9.97. The minimum Gasteiger partial charge on any atom is -0.308 e. The molecule has 1 fully saturated rings. The van der Waals surface area contributed by atoms with Crippen molar-refractivity contribution in [2.45, 2.75) is 38.4 Å². The van der Waals surface area contributed by atoms with Crippen molar-refractivity contribution in [3.8, 4) is 0 Å². The van der Waals surface area contributed by atoms with Crippen LogP contribution in [-0.2, 0) is 6.18 Å². The molecule has 2 heterocycles. The van der Waals surface area contributed by atoms with Crippen molar-refractivity contribution in [3.05, 3.63) is 28.8 Å². The lowest BCUT2D eigenvalue weighted by Crippen LogP contribution is -2.31. The Hall–Kier alpha value is -1.14. The highest BCUT2D eigenvalue weighted by atomic mass is 32.1. The van der Waals surface area contributed by atoms with Gasteiger partial charge in [-0.05, 0) is 43.5 Å². The average Bonchev–Trinajstić information content (AvgIpc) is 2.89. The molecule has 3 rings (SSSR count). The molecule has 21 heavy (non-hydrogen) atoms. The standard InChI is InChI=1S/C15H17F3N2S/c1-2-9-5-6-19-12(7-9)14-20-11-8-10(15(16,17)18)3-4-13(11)21-14/h3-4,8-9,12,19H,2,5-7H2,1H3. The lowest BCUT2D eigenvalue weighted by molar-refractivity contribution is -0.137. The quantitative estimate of drug-likeness (QED) is 0.864. The van der Waals surface area contributed by atoms with Crippen LogP contribution in [0.5, 0.6) is 0 Å². The van der Waals surface area contributed by atoms with Crippen LogP contribution in [0.1, 0.15) is 42.8 Å². The van der Waals surface area contributed by atoms with Gasteiger partial charge in [0.25, 0.3) is 0 Å². The van der Waals surface area contributed by atoms with Crippen molar-refractivity contribution in [2.75, 3.05) is 6.54 Å². The van der Waals surface area contributed by atoms with Crippen molar-refractivity contribution >= 4 is 21.6 Å². The second-order valence-electron chi connectivity index (χ2n) is 5.54. The van der Waals surface area contributed by atoms with Gasteiger partial charge in [0, 0.05) is 0 Å². The molecule has 1 aromatic heterocycles. The normalized spacial score (nSPS) is 23.6. The number of aromatic nitrogens is 1. The van der Waals surface area contributed by atoms with Gasteiger partial charge in [-0.2, -0.15) is 13.2 Å². The SMILES string of the molecule is CCC1CCNC(c2nc3cc(C(F)(F)F)ccc3s2)C1. The van der Waals surface area contributed by atoms with Crippen LogP contribution in [0, 0.1) is 5.92 Å². The highest BCUT2D eigenvalue weighted by molar-refractivity contribution is 7.18. The molecule has 0 amide bonds. The molecule has 1 saturated heterocycles. The molecule has 1 aliphatic heterocycles. The van der Waals surface area contributed by atoms with Gasteiger partial charge < -0.3 is 5.32 Å². The molecule has 0 aliphatic carbocycles. The number of rotatable bonds is 2.